The zero-order valence-corrected chi connectivity index (χ0v) is 12.3. The standard InChI is InChI=1S/C13H21N3O2S/c1-15-10(7-12(17)16(2)13(15)18)8-14-9-11-5-3-4-6-19-11/h7,11,14H,3-6,8-9H2,1-2H3. The van der Waals surface area contributed by atoms with Crippen molar-refractivity contribution in [3.05, 3.63) is 32.6 Å². The summed E-state index contributed by atoms with van der Waals surface area (Å²) >= 11 is 2.01. The molecular weight excluding hydrogens is 262 g/mol. The molecule has 1 aromatic rings. The Hall–Kier alpha value is -1.01. The van der Waals surface area contributed by atoms with Crippen LogP contribution < -0.4 is 16.6 Å². The maximum atomic E-state index is 11.8. The largest absolute Gasteiger partial charge is 0.330 e. The van der Waals surface area contributed by atoms with Crippen molar-refractivity contribution in [1.82, 2.24) is 14.5 Å². The lowest BCUT2D eigenvalue weighted by molar-refractivity contribution is 0.569. The maximum Gasteiger partial charge on any atom is 0.330 e. The SMILES string of the molecule is Cn1c(CNCC2CCCCS2)cc(=O)n(C)c1=O. The summed E-state index contributed by atoms with van der Waals surface area (Å²) in [5.74, 6) is 1.25. The fraction of sp³-hybridized carbons (Fsp3) is 0.692. The Kier molecular flexibility index (Phi) is 4.87. The molecule has 1 N–H and O–H groups in total. The average molecular weight is 283 g/mol. The lowest BCUT2D eigenvalue weighted by Gasteiger charge is -2.21. The van der Waals surface area contributed by atoms with Gasteiger partial charge in [-0.1, -0.05) is 6.42 Å². The van der Waals surface area contributed by atoms with Crippen LogP contribution in [0, 0.1) is 0 Å². The first kappa shape index (κ1) is 14.4. The lowest BCUT2D eigenvalue weighted by Crippen LogP contribution is -2.39. The monoisotopic (exact) mass is 283 g/mol. The summed E-state index contributed by atoms with van der Waals surface area (Å²) < 4.78 is 2.66. The molecule has 1 aromatic heterocycles. The molecule has 0 spiro atoms. The Labute approximate surface area is 117 Å². The van der Waals surface area contributed by atoms with Crippen molar-refractivity contribution in [2.75, 3.05) is 12.3 Å². The molecule has 0 amide bonds. The van der Waals surface area contributed by atoms with Gasteiger partial charge in [0.05, 0.1) is 0 Å². The molecule has 5 nitrogen and oxygen atoms in total. The Morgan fingerprint density at radius 2 is 2.11 bits per heavy atom. The summed E-state index contributed by atoms with van der Waals surface area (Å²) in [6, 6.07) is 1.53. The van der Waals surface area contributed by atoms with Crippen molar-refractivity contribution in [2.45, 2.75) is 31.1 Å². The second-order valence-electron chi connectivity index (χ2n) is 4.99. The van der Waals surface area contributed by atoms with Crippen LogP contribution in [-0.2, 0) is 20.6 Å². The molecule has 1 atom stereocenters. The lowest BCUT2D eigenvalue weighted by atomic mass is 10.2. The molecule has 1 aliphatic heterocycles. The predicted octanol–water partition coefficient (Wildman–Crippen LogP) is 0.459. The van der Waals surface area contributed by atoms with Crippen molar-refractivity contribution in [3.8, 4) is 0 Å². The van der Waals surface area contributed by atoms with E-state index < -0.39 is 0 Å². The fourth-order valence-corrected chi connectivity index (χ4v) is 3.55. The molecule has 1 aliphatic rings. The van der Waals surface area contributed by atoms with Crippen molar-refractivity contribution in [3.63, 3.8) is 0 Å². The molecule has 106 valence electrons. The highest BCUT2D eigenvalue weighted by Crippen LogP contribution is 2.24. The summed E-state index contributed by atoms with van der Waals surface area (Å²) in [5.41, 5.74) is 0.234. The minimum atomic E-state index is -0.267. The smallest absolute Gasteiger partial charge is 0.310 e. The van der Waals surface area contributed by atoms with Gasteiger partial charge in [-0.25, -0.2) is 4.79 Å². The van der Waals surface area contributed by atoms with E-state index in [1.165, 1.54) is 42.7 Å². The minimum absolute atomic E-state index is 0.244. The third-order valence-corrected chi connectivity index (χ3v) is 4.98. The summed E-state index contributed by atoms with van der Waals surface area (Å²) in [6.45, 7) is 1.51. The van der Waals surface area contributed by atoms with Crippen LogP contribution in [0.25, 0.3) is 0 Å². The molecule has 0 aromatic carbocycles. The van der Waals surface area contributed by atoms with Gasteiger partial charge in [-0.2, -0.15) is 11.8 Å². The molecule has 0 saturated carbocycles. The zero-order chi connectivity index (χ0) is 13.8. The van der Waals surface area contributed by atoms with Crippen LogP contribution >= 0.6 is 11.8 Å². The summed E-state index contributed by atoms with van der Waals surface area (Å²) in [5, 5.41) is 4.02. The highest BCUT2D eigenvalue weighted by atomic mass is 32.2. The third-order valence-electron chi connectivity index (χ3n) is 3.58. The Morgan fingerprint density at radius 1 is 1.32 bits per heavy atom. The van der Waals surface area contributed by atoms with E-state index in [1.54, 1.807) is 7.05 Å². The number of nitrogens with zero attached hydrogens (tertiary/aromatic N) is 2. The topological polar surface area (TPSA) is 56.0 Å². The average Bonchev–Trinajstić information content (AvgIpc) is 2.43. The van der Waals surface area contributed by atoms with Gasteiger partial charge in [0.2, 0.25) is 0 Å². The van der Waals surface area contributed by atoms with E-state index in [9.17, 15) is 9.59 Å². The van der Waals surface area contributed by atoms with E-state index >= 15 is 0 Å². The quantitative estimate of drug-likeness (QED) is 0.872. The Balaban J connectivity index is 1.96. The van der Waals surface area contributed by atoms with Crippen molar-refractivity contribution < 1.29 is 0 Å². The molecule has 0 radical (unpaired) electrons. The number of nitrogens with one attached hydrogen (secondary N) is 1. The van der Waals surface area contributed by atoms with Crippen LogP contribution in [-0.4, -0.2) is 26.7 Å². The van der Waals surface area contributed by atoms with Gasteiger partial charge >= 0.3 is 5.69 Å². The molecule has 0 bridgehead atoms. The van der Waals surface area contributed by atoms with Gasteiger partial charge in [0.25, 0.3) is 5.56 Å². The number of rotatable bonds is 4. The molecule has 2 rings (SSSR count). The number of hydrogen-bond acceptors (Lipinski definition) is 4. The zero-order valence-electron chi connectivity index (χ0n) is 11.5. The fourth-order valence-electron chi connectivity index (χ4n) is 2.28. The molecule has 1 saturated heterocycles. The third kappa shape index (κ3) is 3.51. The highest BCUT2D eigenvalue weighted by Gasteiger charge is 2.13. The van der Waals surface area contributed by atoms with Crippen LogP contribution in [0.15, 0.2) is 15.7 Å². The molecule has 19 heavy (non-hydrogen) atoms. The second-order valence-corrected chi connectivity index (χ2v) is 6.40. The normalized spacial score (nSPS) is 19.6. The first-order valence-corrected chi connectivity index (χ1v) is 7.72. The van der Waals surface area contributed by atoms with Gasteiger partial charge in [0.1, 0.15) is 0 Å². The number of aromatic nitrogens is 2. The van der Waals surface area contributed by atoms with E-state index in [1.807, 2.05) is 11.8 Å². The first-order chi connectivity index (χ1) is 9.09. The predicted molar refractivity (Wildman–Crippen MR) is 78.7 cm³/mol. The molecule has 1 fully saturated rings. The summed E-state index contributed by atoms with van der Waals surface area (Å²) in [6.07, 6.45) is 3.89. The Morgan fingerprint density at radius 3 is 2.79 bits per heavy atom. The van der Waals surface area contributed by atoms with Gasteiger partial charge in [0, 0.05) is 44.2 Å². The maximum absolute atomic E-state index is 11.8. The van der Waals surface area contributed by atoms with Crippen molar-refractivity contribution >= 4 is 11.8 Å². The van der Waals surface area contributed by atoms with Crippen molar-refractivity contribution in [1.29, 1.82) is 0 Å². The number of hydrogen-bond donors (Lipinski definition) is 1. The summed E-state index contributed by atoms with van der Waals surface area (Å²) in [4.78, 5) is 23.4. The van der Waals surface area contributed by atoms with Crippen LogP contribution in [0.1, 0.15) is 25.0 Å². The van der Waals surface area contributed by atoms with Crippen LogP contribution in [0.4, 0.5) is 0 Å². The van der Waals surface area contributed by atoms with Crippen molar-refractivity contribution in [2.24, 2.45) is 14.1 Å². The van der Waals surface area contributed by atoms with Crippen LogP contribution in [0.2, 0.25) is 0 Å². The number of thioether (sulfide) groups is 1. The van der Waals surface area contributed by atoms with E-state index in [0.29, 0.717) is 11.8 Å². The van der Waals surface area contributed by atoms with Crippen LogP contribution in [0.3, 0.4) is 0 Å². The molecule has 1 unspecified atom stereocenters. The molecular formula is C13H21N3O2S. The van der Waals surface area contributed by atoms with E-state index in [2.05, 4.69) is 5.32 Å². The van der Waals surface area contributed by atoms with Gasteiger partial charge in [-0.15, -0.1) is 0 Å². The van der Waals surface area contributed by atoms with E-state index in [4.69, 9.17) is 0 Å². The highest BCUT2D eigenvalue weighted by molar-refractivity contribution is 7.99. The van der Waals surface area contributed by atoms with Crippen LogP contribution in [0.5, 0.6) is 0 Å². The second kappa shape index (κ2) is 6.43. The molecule has 0 aliphatic carbocycles. The Bertz CT molecular complexity index is 544. The van der Waals surface area contributed by atoms with E-state index in [-0.39, 0.29) is 11.2 Å². The summed E-state index contributed by atoms with van der Waals surface area (Å²) in [7, 11) is 3.20. The molecule has 2 heterocycles. The van der Waals surface area contributed by atoms with Gasteiger partial charge in [0.15, 0.2) is 0 Å². The van der Waals surface area contributed by atoms with Gasteiger partial charge < -0.3 is 5.32 Å². The molecule has 6 heteroatoms. The van der Waals surface area contributed by atoms with Gasteiger partial charge in [-0.05, 0) is 18.6 Å². The van der Waals surface area contributed by atoms with Gasteiger partial charge in [-0.3, -0.25) is 13.9 Å². The first-order valence-electron chi connectivity index (χ1n) is 6.68. The van der Waals surface area contributed by atoms with E-state index in [0.717, 1.165) is 16.8 Å². The minimum Gasteiger partial charge on any atom is -0.310 e.